The van der Waals surface area contributed by atoms with Crippen molar-refractivity contribution in [3.63, 3.8) is 0 Å². The molecular weight excluding hydrogens is 528 g/mol. The molecule has 0 amide bonds. The molecule has 0 saturated carbocycles. The maximum atomic E-state index is 13.6. The van der Waals surface area contributed by atoms with Gasteiger partial charge in [0.1, 0.15) is 11.0 Å². The second-order valence-electron chi connectivity index (χ2n) is 9.02. The number of nitrogens with zero attached hydrogens (tertiary/aromatic N) is 4. The zero-order valence-corrected chi connectivity index (χ0v) is 22.4. The van der Waals surface area contributed by atoms with Crippen molar-refractivity contribution in [2.75, 3.05) is 18.1 Å². The SMILES string of the molecule is CCOC(=O)c1ccc(-n2c(/C=C/c3c(C)nn([C@@H]4CCS(=O)(=O)C4)c3Cl)nc3ccccc3c2=O)cc1. The van der Waals surface area contributed by atoms with Gasteiger partial charge in [-0.15, -0.1) is 0 Å². The average Bonchev–Trinajstić information content (AvgIpc) is 3.40. The van der Waals surface area contributed by atoms with Gasteiger partial charge in [0.2, 0.25) is 0 Å². The highest BCUT2D eigenvalue weighted by Gasteiger charge is 2.31. The second kappa shape index (κ2) is 10.2. The highest BCUT2D eigenvalue weighted by Crippen LogP contribution is 2.31. The molecule has 9 nitrogen and oxygen atoms in total. The molecule has 1 fully saturated rings. The summed E-state index contributed by atoms with van der Waals surface area (Å²) in [7, 11) is -3.11. The van der Waals surface area contributed by atoms with Gasteiger partial charge in [-0.3, -0.25) is 9.36 Å². The van der Waals surface area contributed by atoms with Crippen molar-refractivity contribution in [1.29, 1.82) is 0 Å². The number of benzene rings is 2. The van der Waals surface area contributed by atoms with Crippen LogP contribution in [-0.4, -0.2) is 51.8 Å². The third-order valence-electron chi connectivity index (χ3n) is 6.46. The molecule has 2 aromatic carbocycles. The van der Waals surface area contributed by atoms with E-state index >= 15 is 0 Å². The van der Waals surface area contributed by atoms with E-state index in [2.05, 4.69) is 5.10 Å². The van der Waals surface area contributed by atoms with Crippen LogP contribution in [0.5, 0.6) is 0 Å². The number of hydrogen-bond acceptors (Lipinski definition) is 7. The molecule has 0 N–H and O–H groups in total. The lowest BCUT2D eigenvalue weighted by molar-refractivity contribution is 0.0526. The Balaban J connectivity index is 1.58. The van der Waals surface area contributed by atoms with Crippen molar-refractivity contribution in [1.82, 2.24) is 19.3 Å². The third-order valence-corrected chi connectivity index (χ3v) is 8.59. The first-order valence-corrected chi connectivity index (χ1v) is 14.3. The standard InChI is InChI=1S/C27H25ClN4O5S/c1-3-37-27(34)18-8-10-19(11-9-18)31-24(29-23-7-5-4-6-22(23)26(31)33)13-12-21-17(2)30-32(25(21)28)20-14-15-38(35,36)16-20/h4-13,20H,3,14-16H2,1-2H3/b13-12+/t20-/m1/s1. The maximum absolute atomic E-state index is 13.6. The maximum Gasteiger partial charge on any atom is 0.338 e. The van der Waals surface area contributed by atoms with Crippen molar-refractivity contribution in [2.24, 2.45) is 0 Å². The Labute approximate surface area is 224 Å². The Hall–Kier alpha value is -3.76. The van der Waals surface area contributed by atoms with E-state index < -0.39 is 15.8 Å². The van der Waals surface area contributed by atoms with Gasteiger partial charge in [-0.1, -0.05) is 23.7 Å². The Morgan fingerprint density at radius 2 is 1.89 bits per heavy atom. The fourth-order valence-corrected chi connectivity index (χ4v) is 6.63. The van der Waals surface area contributed by atoms with Gasteiger partial charge in [0, 0.05) is 5.56 Å². The number of aryl methyl sites for hydroxylation is 1. The van der Waals surface area contributed by atoms with E-state index in [-0.39, 0.29) is 29.7 Å². The number of rotatable bonds is 6. The summed E-state index contributed by atoms with van der Waals surface area (Å²) < 4.78 is 32.0. The van der Waals surface area contributed by atoms with Crippen LogP contribution in [0.1, 0.15) is 46.8 Å². The minimum Gasteiger partial charge on any atom is -0.462 e. The first kappa shape index (κ1) is 25.9. The number of para-hydroxylation sites is 1. The molecule has 0 bridgehead atoms. The molecule has 1 saturated heterocycles. The smallest absolute Gasteiger partial charge is 0.338 e. The van der Waals surface area contributed by atoms with Crippen LogP contribution < -0.4 is 5.56 Å². The molecule has 0 aliphatic carbocycles. The largest absolute Gasteiger partial charge is 0.462 e. The molecule has 2 aromatic heterocycles. The van der Waals surface area contributed by atoms with E-state index in [4.69, 9.17) is 21.3 Å². The minimum atomic E-state index is -3.11. The summed E-state index contributed by atoms with van der Waals surface area (Å²) in [5.41, 5.74) is 2.40. The highest BCUT2D eigenvalue weighted by molar-refractivity contribution is 7.91. The summed E-state index contributed by atoms with van der Waals surface area (Å²) in [5.74, 6) is 0.0230. The number of sulfone groups is 1. The van der Waals surface area contributed by atoms with Crippen LogP contribution in [-0.2, 0) is 14.6 Å². The van der Waals surface area contributed by atoms with Gasteiger partial charge in [0.25, 0.3) is 5.56 Å². The predicted molar refractivity (Wildman–Crippen MR) is 147 cm³/mol. The number of fused-ring (bicyclic) bond motifs is 1. The lowest BCUT2D eigenvalue weighted by Gasteiger charge is -2.12. The molecule has 1 aliphatic heterocycles. The summed E-state index contributed by atoms with van der Waals surface area (Å²) in [6.07, 6.45) is 3.86. The highest BCUT2D eigenvalue weighted by atomic mass is 35.5. The molecule has 38 heavy (non-hydrogen) atoms. The summed E-state index contributed by atoms with van der Waals surface area (Å²) >= 11 is 6.65. The fourth-order valence-electron chi connectivity index (χ4n) is 4.56. The summed E-state index contributed by atoms with van der Waals surface area (Å²) in [6.45, 7) is 3.79. The average molecular weight is 553 g/mol. The van der Waals surface area contributed by atoms with E-state index in [1.807, 2.05) is 0 Å². The zero-order valence-electron chi connectivity index (χ0n) is 20.8. The zero-order chi connectivity index (χ0) is 27.0. The number of halogens is 1. The van der Waals surface area contributed by atoms with Crippen molar-refractivity contribution in [2.45, 2.75) is 26.3 Å². The molecule has 0 spiro atoms. The molecular formula is C27H25ClN4O5S. The van der Waals surface area contributed by atoms with Gasteiger partial charge in [-0.2, -0.15) is 5.10 Å². The lowest BCUT2D eigenvalue weighted by Crippen LogP contribution is -2.22. The van der Waals surface area contributed by atoms with E-state index in [1.165, 1.54) is 4.57 Å². The Morgan fingerprint density at radius 3 is 2.58 bits per heavy atom. The van der Waals surface area contributed by atoms with Gasteiger partial charge in [-0.25, -0.2) is 22.9 Å². The number of carbonyl (C=O) groups excluding carboxylic acids is 1. The second-order valence-corrected chi connectivity index (χ2v) is 11.6. The van der Waals surface area contributed by atoms with Crippen LogP contribution >= 0.6 is 11.6 Å². The lowest BCUT2D eigenvalue weighted by atomic mass is 10.2. The topological polar surface area (TPSA) is 113 Å². The summed E-state index contributed by atoms with van der Waals surface area (Å²) in [6, 6.07) is 13.3. The summed E-state index contributed by atoms with van der Waals surface area (Å²) in [4.78, 5) is 30.4. The third kappa shape index (κ3) is 4.89. The molecule has 11 heteroatoms. The van der Waals surface area contributed by atoms with E-state index in [1.54, 1.807) is 79.2 Å². The van der Waals surface area contributed by atoms with Gasteiger partial charge < -0.3 is 4.74 Å². The molecule has 1 aliphatic rings. The molecule has 4 aromatic rings. The van der Waals surface area contributed by atoms with E-state index in [0.717, 1.165) is 0 Å². The van der Waals surface area contributed by atoms with E-state index in [0.29, 0.717) is 50.8 Å². The molecule has 1 atom stereocenters. The normalized spacial score (nSPS) is 16.9. The minimum absolute atomic E-state index is 0.00452. The van der Waals surface area contributed by atoms with Crippen molar-refractivity contribution in [3.05, 3.63) is 86.7 Å². The van der Waals surface area contributed by atoms with Crippen LogP contribution in [0.3, 0.4) is 0 Å². The van der Waals surface area contributed by atoms with Crippen LogP contribution in [0, 0.1) is 6.92 Å². The summed E-state index contributed by atoms with van der Waals surface area (Å²) in [5, 5.41) is 5.27. The van der Waals surface area contributed by atoms with E-state index in [9.17, 15) is 18.0 Å². The Morgan fingerprint density at radius 1 is 1.16 bits per heavy atom. The number of hydrogen-bond donors (Lipinski definition) is 0. The van der Waals surface area contributed by atoms with Gasteiger partial charge >= 0.3 is 5.97 Å². The molecule has 3 heterocycles. The van der Waals surface area contributed by atoms with Crippen molar-refractivity contribution >= 4 is 50.5 Å². The Bertz CT molecular complexity index is 1740. The van der Waals surface area contributed by atoms with Gasteiger partial charge in [0.05, 0.1) is 52.0 Å². The number of esters is 1. The molecule has 196 valence electrons. The Kier molecular flexibility index (Phi) is 6.93. The quantitative estimate of drug-likeness (QED) is 0.328. The van der Waals surface area contributed by atoms with Gasteiger partial charge in [-0.05, 0) is 68.8 Å². The van der Waals surface area contributed by atoms with Crippen LogP contribution in [0.15, 0.2) is 53.3 Å². The number of carbonyl (C=O) groups is 1. The number of ether oxygens (including phenoxy) is 1. The van der Waals surface area contributed by atoms with Gasteiger partial charge in [0.15, 0.2) is 9.84 Å². The first-order chi connectivity index (χ1) is 18.2. The van der Waals surface area contributed by atoms with Crippen LogP contribution in [0.2, 0.25) is 5.15 Å². The predicted octanol–water partition coefficient (Wildman–Crippen LogP) is 4.25. The fraction of sp³-hybridized carbons (Fsp3) is 0.259. The van der Waals surface area contributed by atoms with Crippen LogP contribution in [0.4, 0.5) is 0 Å². The molecule has 5 rings (SSSR count). The number of aromatic nitrogens is 4. The van der Waals surface area contributed by atoms with Crippen molar-refractivity contribution in [3.8, 4) is 5.69 Å². The monoisotopic (exact) mass is 552 g/mol. The first-order valence-electron chi connectivity index (χ1n) is 12.1. The van der Waals surface area contributed by atoms with Crippen molar-refractivity contribution < 1.29 is 17.9 Å². The molecule has 0 unspecified atom stereocenters. The molecule has 0 radical (unpaired) electrons. The van der Waals surface area contributed by atoms with Crippen LogP contribution in [0.25, 0.3) is 28.7 Å².